The Morgan fingerprint density at radius 3 is 2.68 bits per heavy atom. The average Bonchev–Trinajstić information content (AvgIpc) is 3.03. The van der Waals surface area contributed by atoms with Gasteiger partial charge in [0.15, 0.2) is 0 Å². The zero-order valence-corrected chi connectivity index (χ0v) is 12.8. The van der Waals surface area contributed by atoms with Crippen LogP contribution in [0.1, 0.15) is 41.8 Å². The highest BCUT2D eigenvalue weighted by molar-refractivity contribution is 7.11. The van der Waals surface area contributed by atoms with E-state index in [0.717, 1.165) is 25.8 Å². The average molecular weight is 277 g/mol. The van der Waals surface area contributed by atoms with Gasteiger partial charge in [0.1, 0.15) is 0 Å². The molecule has 2 aromatic heterocycles. The lowest BCUT2D eigenvalue weighted by Gasteiger charge is -2.18. The van der Waals surface area contributed by atoms with Crippen molar-refractivity contribution in [2.24, 2.45) is 7.05 Å². The second-order valence-corrected chi connectivity index (χ2v) is 6.11. The van der Waals surface area contributed by atoms with E-state index in [1.807, 2.05) is 23.9 Å². The normalized spacial score (nSPS) is 12.8. The summed E-state index contributed by atoms with van der Waals surface area (Å²) in [6, 6.07) is 4.87. The lowest BCUT2D eigenvalue weighted by Crippen LogP contribution is -2.25. The molecule has 0 aromatic carbocycles. The largest absolute Gasteiger partial charge is 0.336 e. The van der Waals surface area contributed by atoms with Gasteiger partial charge >= 0.3 is 0 Å². The molecule has 2 rings (SSSR count). The minimum Gasteiger partial charge on any atom is -0.336 e. The summed E-state index contributed by atoms with van der Waals surface area (Å²) >= 11 is 1.93. The van der Waals surface area contributed by atoms with Crippen molar-refractivity contribution < 1.29 is 0 Å². The summed E-state index contributed by atoms with van der Waals surface area (Å²) in [4.78, 5) is 7.16. The van der Waals surface area contributed by atoms with Gasteiger partial charge in [0.2, 0.25) is 0 Å². The molecule has 0 fully saturated rings. The van der Waals surface area contributed by atoms with Crippen molar-refractivity contribution in [2.45, 2.75) is 39.2 Å². The standard InChI is InChI=1S/C15H23N3S/c1-4-8-17-14(15-10-16-11-18(15)3)9-13-7-6-12(5-2)19-13/h6-7,10-11,14,17H,4-5,8-9H2,1-3H3. The summed E-state index contributed by atoms with van der Waals surface area (Å²) in [6.07, 6.45) is 7.18. The van der Waals surface area contributed by atoms with Crippen LogP contribution < -0.4 is 5.32 Å². The van der Waals surface area contributed by atoms with Crippen LogP contribution in [-0.2, 0) is 19.9 Å². The fourth-order valence-electron chi connectivity index (χ4n) is 2.23. The van der Waals surface area contributed by atoms with Gasteiger partial charge in [-0.3, -0.25) is 0 Å². The number of nitrogens with zero attached hydrogens (tertiary/aromatic N) is 2. The first kappa shape index (κ1) is 14.3. The SMILES string of the molecule is CCCNC(Cc1ccc(CC)s1)c1cncn1C. The van der Waals surface area contributed by atoms with Crippen LogP contribution in [0.25, 0.3) is 0 Å². The van der Waals surface area contributed by atoms with Crippen molar-refractivity contribution in [3.63, 3.8) is 0 Å². The van der Waals surface area contributed by atoms with Crippen LogP contribution in [0.15, 0.2) is 24.7 Å². The van der Waals surface area contributed by atoms with E-state index in [1.54, 1.807) is 0 Å². The Hall–Kier alpha value is -1.13. The Morgan fingerprint density at radius 1 is 1.32 bits per heavy atom. The van der Waals surface area contributed by atoms with E-state index in [4.69, 9.17) is 0 Å². The summed E-state index contributed by atoms with van der Waals surface area (Å²) in [5.41, 5.74) is 1.26. The number of hydrogen-bond donors (Lipinski definition) is 1. The molecular formula is C15H23N3S. The molecule has 0 aliphatic rings. The minimum absolute atomic E-state index is 0.357. The van der Waals surface area contributed by atoms with E-state index < -0.39 is 0 Å². The molecule has 0 spiro atoms. The van der Waals surface area contributed by atoms with E-state index >= 15 is 0 Å². The summed E-state index contributed by atoms with van der Waals surface area (Å²) in [5.74, 6) is 0. The van der Waals surface area contributed by atoms with E-state index in [1.165, 1.54) is 15.4 Å². The topological polar surface area (TPSA) is 29.9 Å². The molecule has 0 aliphatic carbocycles. The van der Waals surface area contributed by atoms with Gasteiger partial charge in [-0.15, -0.1) is 11.3 Å². The van der Waals surface area contributed by atoms with Crippen LogP contribution in [0.2, 0.25) is 0 Å². The highest BCUT2D eigenvalue weighted by Gasteiger charge is 2.15. The maximum absolute atomic E-state index is 4.24. The Balaban J connectivity index is 2.11. The summed E-state index contributed by atoms with van der Waals surface area (Å²) < 4.78 is 2.11. The van der Waals surface area contributed by atoms with Crippen LogP contribution in [0.5, 0.6) is 0 Å². The first-order chi connectivity index (χ1) is 9.24. The van der Waals surface area contributed by atoms with Crippen LogP contribution >= 0.6 is 11.3 Å². The van der Waals surface area contributed by atoms with Crippen molar-refractivity contribution in [3.8, 4) is 0 Å². The molecule has 0 radical (unpaired) electrons. The molecule has 2 heterocycles. The highest BCUT2D eigenvalue weighted by atomic mass is 32.1. The van der Waals surface area contributed by atoms with Gasteiger partial charge < -0.3 is 9.88 Å². The Bertz CT molecular complexity index is 501. The Morgan fingerprint density at radius 2 is 2.11 bits per heavy atom. The second-order valence-electron chi connectivity index (χ2n) is 4.86. The minimum atomic E-state index is 0.357. The third-order valence-electron chi connectivity index (χ3n) is 3.32. The predicted molar refractivity (Wildman–Crippen MR) is 81.6 cm³/mol. The maximum atomic E-state index is 4.24. The predicted octanol–water partition coefficient (Wildman–Crippen LogP) is 3.33. The summed E-state index contributed by atoms with van der Waals surface area (Å²) in [7, 11) is 2.06. The lowest BCUT2D eigenvalue weighted by atomic mass is 10.1. The quantitative estimate of drug-likeness (QED) is 0.841. The van der Waals surface area contributed by atoms with E-state index in [2.05, 4.69) is 47.9 Å². The molecule has 0 saturated carbocycles. The number of nitrogens with one attached hydrogen (secondary N) is 1. The number of imidazole rings is 1. The second kappa shape index (κ2) is 6.87. The molecule has 1 unspecified atom stereocenters. The monoisotopic (exact) mass is 277 g/mol. The van der Waals surface area contributed by atoms with Gasteiger partial charge in [-0.05, 0) is 31.5 Å². The zero-order valence-electron chi connectivity index (χ0n) is 12.0. The van der Waals surface area contributed by atoms with Gasteiger partial charge in [-0.25, -0.2) is 4.98 Å². The number of aromatic nitrogens is 2. The molecular weight excluding hydrogens is 254 g/mol. The molecule has 19 heavy (non-hydrogen) atoms. The van der Waals surface area contributed by atoms with Crippen LogP contribution in [0.3, 0.4) is 0 Å². The smallest absolute Gasteiger partial charge is 0.0946 e. The third-order valence-corrected chi connectivity index (χ3v) is 4.57. The van der Waals surface area contributed by atoms with Crippen molar-refractivity contribution in [3.05, 3.63) is 40.1 Å². The number of thiophene rings is 1. The summed E-state index contributed by atoms with van der Waals surface area (Å²) in [5, 5.41) is 3.63. The van der Waals surface area contributed by atoms with Gasteiger partial charge in [0.05, 0.1) is 18.1 Å². The van der Waals surface area contributed by atoms with Gasteiger partial charge in [-0.2, -0.15) is 0 Å². The van der Waals surface area contributed by atoms with Gasteiger partial charge in [0.25, 0.3) is 0 Å². The molecule has 104 valence electrons. The number of aryl methyl sites for hydroxylation is 2. The molecule has 3 nitrogen and oxygen atoms in total. The third kappa shape index (κ3) is 3.67. The van der Waals surface area contributed by atoms with Crippen molar-refractivity contribution in [2.75, 3.05) is 6.54 Å². The van der Waals surface area contributed by atoms with Gasteiger partial charge in [0, 0.05) is 29.4 Å². The fourth-order valence-corrected chi connectivity index (χ4v) is 3.23. The van der Waals surface area contributed by atoms with Crippen molar-refractivity contribution >= 4 is 11.3 Å². The first-order valence-electron chi connectivity index (χ1n) is 7.01. The van der Waals surface area contributed by atoms with Crippen LogP contribution in [0.4, 0.5) is 0 Å². The van der Waals surface area contributed by atoms with Gasteiger partial charge in [-0.1, -0.05) is 13.8 Å². The molecule has 4 heteroatoms. The molecule has 2 aromatic rings. The van der Waals surface area contributed by atoms with Crippen molar-refractivity contribution in [1.29, 1.82) is 0 Å². The first-order valence-corrected chi connectivity index (χ1v) is 7.83. The summed E-state index contributed by atoms with van der Waals surface area (Å²) in [6.45, 7) is 5.46. The molecule has 0 saturated heterocycles. The molecule has 0 amide bonds. The molecule has 0 aliphatic heterocycles. The number of rotatable bonds is 7. The molecule has 1 atom stereocenters. The molecule has 1 N–H and O–H groups in total. The maximum Gasteiger partial charge on any atom is 0.0946 e. The van der Waals surface area contributed by atoms with Crippen molar-refractivity contribution in [1.82, 2.24) is 14.9 Å². The molecule has 0 bridgehead atoms. The highest BCUT2D eigenvalue weighted by Crippen LogP contribution is 2.24. The Labute approximate surface area is 119 Å². The fraction of sp³-hybridized carbons (Fsp3) is 0.533. The zero-order chi connectivity index (χ0) is 13.7. The lowest BCUT2D eigenvalue weighted by molar-refractivity contribution is 0.507. The van der Waals surface area contributed by atoms with Crippen LogP contribution in [0, 0.1) is 0 Å². The van der Waals surface area contributed by atoms with E-state index in [9.17, 15) is 0 Å². The van der Waals surface area contributed by atoms with E-state index in [-0.39, 0.29) is 0 Å². The van der Waals surface area contributed by atoms with E-state index in [0.29, 0.717) is 6.04 Å². The van der Waals surface area contributed by atoms with Crippen LogP contribution in [-0.4, -0.2) is 16.1 Å². The number of hydrogen-bond acceptors (Lipinski definition) is 3. The Kier molecular flexibility index (Phi) is 5.16.